The van der Waals surface area contributed by atoms with Crippen LogP contribution in [0.1, 0.15) is 11.3 Å². The number of aromatic nitrogens is 4. The van der Waals surface area contributed by atoms with E-state index in [1.165, 1.54) is 10.9 Å². The number of nitrogens with zero attached hydrogens (tertiary/aromatic N) is 4. The molecule has 0 aliphatic heterocycles. The third-order valence-corrected chi connectivity index (χ3v) is 3.93. The zero-order valence-electron chi connectivity index (χ0n) is 15.2. The SMILES string of the molecule is Cc1cc(Nc2nccc(C(F)(F)F)n2)cc(-c2cnn(C[C@@H](O)C(N)=O)c2)c1. The summed E-state index contributed by atoms with van der Waals surface area (Å²) >= 11 is 0. The Kier molecular flexibility index (Phi) is 5.50. The molecule has 1 amide bonds. The Morgan fingerprint density at radius 1 is 1.31 bits per heavy atom. The lowest BCUT2D eigenvalue weighted by molar-refractivity contribution is -0.141. The van der Waals surface area contributed by atoms with Crippen molar-refractivity contribution in [1.82, 2.24) is 19.7 Å². The monoisotopic (exact) mass is 406 g/mol. The molecule has 3 aromatic rings. The fourth-order valence-electron chi connectivity index (χ4n) is 2.61. The van der Waals surface area contributed by atoms with Gasteiger partial charge in [0.2, 0.25) is 11.9 Å². The number of nitrogens with two attached hydrogens (primary N) is 1. The number of alkyl halides is 3. The van der Waals surface area contributed by atoms with Crippen molar-refractivity contribution < 1.29 is 23.1 Å². The van der Waals surface area contributed by atoms with Crippen LogP contribution in [0.5, 0.6) is 0 Å². The molecule has 3 rings (SSSR count). The van der Waals surface area contributed by atoms with Crippen molar-refractivity contribution in [1.29, 1.82) is 0 Å². The second kappa shape index (κ2) is 7.87. The Morgan fingerprint density at radius 2 is 2.07 bits per heavy atom. The van der Waals surface area contributed by atoms with Crippen LogP contribution in [-0.2, 0) is 17.5 Å². The molecule has 11 heteroatoms. The van der Waals surface area contributed by atoms with Crippen molar-refractivity contribution >= 4 is 17.5 Å². The number of benzene rings is 1. The number of primary amides is 1. The first kappa shape index (κ1) is 20.3. The lowest BCUT2D eigenvalue weighted by Gasteiger charge is -2.10. The van der Waals surface area contributed by atoms with E-state index in [4.69, 9.17) is 5.73 Å². The van der Waals surface area contributed by atoms with E-state index in [1.54, 1.807) is 18.3 Å². The van der Waals surface area contributed by atoms with E-state index in [0.717, 1.165) is 23.4 Å². The number of hydrogen-bond donors (Lipinski definition) is 3. The van der Waals surface area contributed by atoms with Gasteiger partial charge < -0.3 is 16.2 Å². The first-order valence-corrected chi connectivity index (χ1v) is 8.41. The van der Waals surface area contributed by atoms with E-state index in [2.05, 4.69) is 20.4 Å². The van der Waals surface area contributed by atoms with Crippen molar-refractivity contribution in [3.63, 3.8) is 0 Å². The van der Waals surface area contributed by atoms with Crippen LogP contribution in [0.3, 0.4) is 0 Å². The Balaban J connectivity index is 1.84. The van der Waals surface area contributed by atoms with Gasteiger partial charge in [0.15, 0.2) is 6.10 Å². The van der Waals surface area contributed by atoms with Gasteiger partial charge in [-0.3, -0.25) is 9.48 Å². The number of aliphatic hydroxyl groups is 1. The molecule has 0 aliphatic carbocycles. The molecule has 0 unspecified atom stereocenters. The summed E-state index contributed by atoms with van der Waals surface area (Å²) in [5.41, 5.74) is 6.71. The second-order valence-electron chi connectivity index (χ2n) is 6.35. The van der Waals surface area contributed by atoms with E-state index >= 15 is 0 Å². The quantitative estimate of drug-likeness (QED) is 0.578. The molecule has 2 aromatic heterocycles. The summed E-state index contributed by atoms with van der Waals surface area (Å²) in [5, 5.41) is 16.4. The maximum Gasteiger partial charge on any atom is 0.433 e. The fraction of sp³-hybridized carbons (Fsp3) is 0.222. The first-order chi connectivity index (χ1) is 13.6. The van der Waals surface area contributed by atoms with Gasteiger partial charge in [-0.1, -0.05) is 6.07 Å². The van der Waals surface area contributed by atoms with E-state index in [1.807, 2.05) is 13.0 Å². The Hall–Kier alpha value is -3.47. The molecular weight excluding hydrogens is 389 g/mol. The average molecular weight is 406 g/mol. The highest BCUT2D eigenvalue weighted by Crippen LogP contribution is 2.29. The highest BCUT2D eigenvalue weighted by Gasteiger charge is 2.32. The minimum atomic E-state index is -4.57. The summed E-state index contributed by atoms with van der Waals surface area (Å²) in [4.78, 5) is 18.3. The maximum atomic E-state index is 12.8. The number of carbonyl (C=O) groups excluding carboxylic acids is 1. The molecule has 0 saturated heterocycles. The minimum absolute atomic E-state index is 0.0929. The smallest absolute Gasteiger partial charge is 0.381 e. The Morgan fingerprint density at radius 3 is 2.76 bits per heavy atom. The summed E-state index contributed by atoms with van der Waals surface area (Å²) in [5.74, 6) is -1.04. The van der Waals surface area contributed by atoms with Gasteiger partial charge in [0.25, 0.3) is 0 Å². The molecule has 29 heavy (non-hydrogen) atoms. The average Bonchev–Trinajstić information content (AvgIpc) is 3.09. The van der Waals surface area contributed by atoms with Gasteiger partial charge in [0, 0.05) is 23.6 Å². The maximum absolute atomic E-state index is 12.8. The number of anilines is 2. The molecule has 0 fully saturated rings. The van der Waals surface area contributed by atoms with E-state index in [0.29, 0.717) is 11.3 Å². The molecule has 0 saturated carbocycles. The number of rotatable bonds is 6. The third-order valence-electron chi connectivity index (χ3n) is 3.93. The van der Waals surface area contributed by atoms with Crippen LogP contribution in [0.25, 0.3) is 11.1 Å². The summed E-state index contributed by atoms with van der Waals surface area (Å²) in [7, 11) is 0. The summed E-state index contributed by atoms with van der Waals surface area (Å²) < 4.78 is 39.8. The van der Waals surface area contributed by atoms with Crippen LogP contribution >= 0.6 is 0 Å². The van der Waals surface area contributed by atoms with Crippen LogP contribution < -0.4 is 11.1 Å². The molecular formula is C18H17F3N6O2. The number of carbonyl (C=O) groups is 1. The number of amides is 1. The van der Waals surface area contributed by atoms with Crippen molar-refractivity contribution in [2.45, 2.75) is 25.7 Å². The number of nitrogens with one attached hydrogen (secondary N) is 1. The molecule has 4 N–H and O–H groups in total. The summed E-state index contributed by atoms with van der Waals surface area (Å²) in [6.45, 7) is 1.73. The number of aliphatic hydroxyl groups excluding tert-OH is 1. The van der Waals surface area contributed by atoms with Gasteiger partial charge in [-0.05, 0) is 36.2 Å². The molecule has 2 heterocycles. The van der Waals surface area contributed by atoms with Crippen molar-refractivity contribution in [2.75, 3.05) is 5.32 Å². The van der Waals surface area contributed by atoms with E-state index < -0.39 is 23.9 Å². The summed E-state index contributed by atoms with van der Waals surface area (Å²) in [6, 6.07) is 6.07. The van der Waals surface area contributed by atoms with Crippen LogP contribution in [-0.4, -0.2) is 36.9 Å². The summed E-state index contributed by atoms with van der Waals surface area (Å²) in [6.07, 6.45) is -1.75. The van der Waals surface area contributed by atoms with Crippen molar-refractivity contribution in [3.05, 3.63) is 54.1 Å². The molecule has 0 radical (unpaired) electrons. The first-order valence-electron chi connectivity index (χ1n) is 8.41. The Bertz CT molecular complexity index is 1030. The molecule has 1 aromatic carbocycles. The molecule has 0 bridgehead atoms. The zero-order chi connectivity index (χ0) is 21.2. The number of halogens is 3. The topological polar surface area (TPSA) is 119 Å². The molecule has 152 valence electrons. The lowest BCUT2D eigenvalue weighted by atomic mass is 10.1. The molecule has 0 spiro atoms. The molecule has 8 nitrogen and oxygen atoms in total. The van der Waals surface area contributed by atoms with Gasteiger partial charge in [0.1, 0.15) is 5.69 Å². The number of hydrogen-bond acceptors (Lipinski definition) is 6. The predicted molar refractivity (Wildman–Crippen MR) is 97.9 cm³/mol. The predicted octanol–water partition coefficient (Wildman–Crippen LogP) is 2.26. The van der Waals surface area contributed by atoms with Gasteiger partial charge >= 0.3 is 6.18 Å². The van der Waals surface area contributed by atoms with Crippen molar-refractivity contribution in [3.8, 4) is 11.1 Å². The minimum Gasteiger partial charge on any atom is -0.381 e. The van der Waals surface area contributed by atoms with Crippen LogP contribution in [0.4, 0.5) is 24.8 Å². The highest BCUT2D eigenvalue weighted by molar-refractivity contribution is 5.78. The Labute approximate surface area is 163 Å². The van der Waals surface area contributed by atoms with Crippen LogP contribution in [0.2, 0.25) is 0 Å². The van der Waals surface area contributed by atoms with Gasteiger partial charge in [0.05, 0.1) is 12.7 Å². The van der Waals surface area contributed by atoms with Crippen LogP contribution in [0.15, 0.2) is 42.9 Å². The van der Waals surface area contributed by atoms with Gasteiger partial charge in [-0.2, -0.15) is 18.3 Å². The fourth-order valence-corrected chi connectivity index (χ4v) is 2.61. The normalized spacial score (nSPS) is 12.6. The largest absolute Gasteiger partial charge is 0.433 e. The molecule has 1 atom stereocenters. The van der Waals surface area contributed by atoms with Gasteiger partial charge in [-0.15, -0.1) is 0 Å². The lowest BCUT2D eigenvalue weighted by Crippen LogP contribution is -2.32. The van der Waals surface area contributed by atoms with E-state index in [-0.39, 0.29) is 12.5 Å². The molecule has 0 aliphatic rings. The van der Waals surface area contributed by atoms with Crippen LogP contribution in [0, 0.1) is 6.92 Å². The zero-order valence-corrected chi connectivity index (χ0v) is 15.2. The number of aryl methyl sites for hydroxylation is 1. The second-order valence-corrected chi connectivity index (χ2v) is 6.35. The van der Waals surface area contributed by atoms with Gasteiger partial charge in [-0.25, -0.2) is 9.97 Å². The highest BCUT2D eigenvalue weighted by atomic mass is 19.4. The third kappa shape index (κ3) is 5.08. The van der Waals surface area contributed by atoms with Crippen molar-refractivity contribution in [2.24, 2.45) is 5.73 Å². The van der Waals surface area contributed by atoms with E-state index in [9.17, 15) is 23.1 Å². The standard InChI is InChI=1S/C18H17F3N6O2/c1-10-4-11(12-7-24-27(8-12)9-14(28)16(22)29)6-13(5-10)25-17-23-3-2-15(26-17)18(19,20)21/h2-8,14,28H,9H2,1H3,(H2,22,29)(H,23,25,26)/t14-/m1/s1.